The van der Waals surface area contributed by atoms with E-state index in [-0.39, 0.29) is 24.4 Å². The first-order valence-corrected chi connectivity index (χ1v) is 9.89. The Morgan fingerprint density at radius 2 is 2.12 bits per heavy atom. The summed E-state index contributed by atoms with van der Waals surface area (Å²) in [6.45, 7) is 11.5. The third kappa shape index (κ3) is 5.06. The summed E-state index contributed by atoms with van der Waals surface area (Å²) in [6.07, 6.45) is -0.199. The number of nitrogens with one attached hydrogen (secondary N) is 1. The molecule has 1 fully saturated rings. The lowest BCUT2D eigenvalue weighted by Crippen LogP contribution is -2.43. The molecule has 8 heteroatoms. The zero-order chi connectivity index (χ0) is 20.1. The largest absolute Gasteiger partial charge is 0.392 e. The van der Waals surface area contributed by atoms with Gasteiger partial charge in [0.25, 0.3) is 0 Å². The van der Waals surface area contributed by atoms with Gasteiger partial charge in [-0.15, -0.1) is 0 Å². The van der Waals surface area contributed by atoms with Crippen molar-refractivity contribution in [1.29, 1.82) is 5.26 Å². The number of nitrogens with zero attached hydrogens (tertiary/aromatic N) is 2. The van der Waals surface area contributed by atoms with E-state index >= 15 is 0 Å². The molecule has 2 atom stereocenters. The standard InChI is InChI=1S/C18H27N3O3S2/c1-12(22)10-20-15(24)13(2)17(3,4)18(5,11-19)7-6-14(23)21-8-9-26-16(21)25/h12,22H,2,6-10H2,1,3-5H3,(H,20,24). The Kier molecular flexibility index (Phi) is 7.81. The Hall–Kier alpha value is -1.43. The zero-order valence-corrected chi connectivity index (χ0v) is 17.4. The average Bonchev–Trinajstić information content (AvgIpc) is 3.02. The second-order valence-corrected chi connectivity index (χ2v) is 8.99. The summed E-state index contributed by atoms with van der Waals surface area (Å²) in [5, 5.41) is 21.7. The predicted octanol–water partition coefficient (Wildman–Crippen LogP) is 2.24. The van der Waals surface area contributed by atoms with Crippen LogP contribution in [0, 0.1) is 22.2 Å². The summed E-state index contributed by atoms with van der Waals surface area (Å²) < 4.78 is 0.579. The number of rotatable bonds is 8. The molecule has 1 aliphatic rings. The molecule has 144 valence electrons. The van der Waals surface area contributed by atoms with Crippen molar-refractivity contribution in [2.24, 2.45) is 10.8 Å². The first-order valence-electron chi connectivity index (χ1n) is 8.50. The molecule has 2 unspecified atom stereocenters. The molecule has 0 saturated carbocycles. The number of carbonyl (C=O) groups excluding carboxylic acids is 2. The van der Waals surface area contributed by atoms with Gasteiger partial charge < -0.3 is 10.4 Å². The van der Waals surface area contributed by atoms with E-state index in [0.29, 0.717) is 17.3 Å². The summed E-state index contributed by atoms with van der Waals surface area (Å²) in [5.41, 5.74) is -1.57. The van der Waals surface area contributed by atoms with Gasteiger partial charge in [-0.2, -0.15) is 5.26 Å². The average molecular weight is 398 g/mol. The molecule has 1 heterocycles. The van der Waals surface area contributed by atoms with E-state index in [0.717, 1.165) is 5.75 Å². The van der Waals surface area contributed by atoms with Crippen molar-refractivity contribution in [2.75, 3.05) is 18.8 Å². The number of hydrogen-bond donors (Lipinski definition) is 2. The summed E-state index contributed by atoms with van der Waals surface area (Å²) in [5.74, 6) is 0.300. The third-order valence-corrected chi connectivity index (χ3v) is 6.54. The van der Waals surface area contributed by atoms with Crippen LogP contribution in [0.3, 0.4) is 0 Å². The topological polar surface area (TPSA) is 93.4 Å². The Balaban J connectivity index is 2.83. The quantitative estimate of drug-likeness (QED) is 0.482. The van der Waals surface area contributed by atoms with E-state index in [1.54, 1.807) is 32.6 Å². The van der Waals surface area contributed by atoms with Crippen molar-refractivity contribution in [3.63, 3.8) is 0 Å². The highest BCUT2D eigenvalue weighted by atomic mass is 32.2. The third-order valence-electron chi connectivity index (χ3n) is 5.11. The van der Waals surface area contributed by atoms with Gasteiger partial charge in [-0.3, -0.25) is 14.5 Å². The van der Waals surface area contributed by atoms with Crippen LogP contribution < -0.4 is 5.32 Å². The van der Waals surface area contributed by atoms with Gasteiger partial charge in [0, 0.05) is 36.3 Å². The minimum absolute atomic E-state index is 0.0959. The van der Waals surface area contributed by atoms with Gasteiger partial charge in [-0.1, -0.05) is 44.4 Å². The number of thioether (sulfide) groups is 1. The van der Waals surface area contributed by atoms with Crippen molar-refractivity contribution >= 4 is 40.1 Å². The number of carbonyl (C=O) groups is 2. The molecule has 0 aromatic heterocycles. The molecule has 1 rings (SSSR count). The molecule has 0 spiro atoms. The van der Waals surface area contributed by atoms with Crippen LogP contribution in [-0.2, 0) is 9.59 Å². The fraction of sp³-hybridized carbons (Fsp3) is 0.667. The fourth-order valence-corrected chi connectivity index (χ4v) is 3.82. The molecule has 0 aromatic carbocycles. The smallest absolute Gasteiger partial charge is 0.247 e. The fourth-order valence-electron chi connectivity index (χ4n) is 2.58. The summed E-state index contributed by atoms with van der Waals surface area (Å²) in [6, 6.07) is 2.28. The molecule has 0 bridgehead atoms. The van der Waals surface area contributed by atoms with Gasteiger partial charge in [0.1, 0.15) is 4.32 Å². The summed E-state index contributed by atoms with van der Waals surface area (Å²) in [4.78, 5) is 26.3. The highest BCUT2D eigenvalue weighted by molar-refractivity contribution is 8.23. The number of nitriles is 1. The molecule has 0 radical (unpaired) electrons. The monoisotopic (exact) mass is 397 g/mol. The number of hydrogen-bond acceptors (Lipinski definition) is 6. The Bertz CT molecular complexity index is 640. The molecule has 2 amide bonds. The molecular formula is C18H27N3O3S2. The van der Waals surface area contributed by atoms with E-state index in [1.165, 1.54) is 11.8 Å². The summed E-state index contributed by atoms with van der Waals surface area (Å²) >= 11 is 6.65. The molecule has 0 aliphatic carbocycles. The Morgan fingerprint density at radius 3 is 2.58 bits per heavy atom. The molecule has 2 N–H and O–H groups in total. The van der Waals surface area contributed by atoms with E-state index in [1.807, 2.05) is 0 Å². The van der Waals surface area contributed by atoms with Crippen LogP contribution >= 0.6 is 24.0 Å². The van der Waals surface area contributed by atoms with Gasteiger partial charge in [0.15, 0.2) is 0 Å². The highest BCUT2D eigenvalue weighted by Crippen LogP contribution is 2.47. The predicted molar refractivity (Wildman–Crippen MR) is 107 cm³/mol. The minimum Gasteiger partial charge on any atom is -0.392 e. The van der Waals surface area contributed by atoms with E-state index in [4.69, 9.17) is 12.2 Å². The van der Waals surface area contributed by atoms with Crippen molar-refractivity contribution in [3.05, 3.63) is 12.2 Å². The number of amides is 2. The van der Waals surface area contributed by atoms with E-state index in [9.17, 15) is 20.0 Å². The molecular weight excluding hydrogens is 370 g/mol. The van der Waals surface area contributed by atoms with Crippen LogP contribution in [0.5, 0.6) is 0 Å². The second-order valence-electron chi connectivity index (χ2n) is 7.27. The SMILES string of the molecule is C=C(C(=O)NCC(C)O)C(C)(C)C(C)(C#N)CCC(=O)N1CCSC1=S. The van der Waals surface area contributed by atoms with Crippen molar-refractivity contribution in [2.45, 2.75) is 46.6 Å². The van der Waals surface area contributed by atoms with Crippen molar-refractivity contribution < 1.29 is 14.7 Å². The molecule has 26 heavy (non-hydrogen) atoms. The van der Waals surface area contributed by atoms with Crippen molar-refractivity contribution in [1.82, 2.24) is 10.2 Å². The molecule has 0 aromatic rings. The molecule has 1 aliphatic heterocycles. The lowest BCUT2D eigenvalue weighted by Gasteiger charge is -2.40. The first kappa shape index (κ1) is 22.6. The van der Waals surface area contributed by atoms with Gasteiger partial charge in [0.2, 0.25) is 11.8 Å². The van der Waals surface area contributed by atoms with Gasteiger partial charge >= 0.3 is 0 Å². The van der Waals surface area contributed by atoms with Gasteiger partial charge in [-0.25, -0.2) is 0 Å². The first-order chi connectivity index (χ1) is 12.0. The number of aliphatic hydroxyl groups is 1. The van der Waals surface area contributed by atoms with Crippen LogP contribution in [0.25, 0.3) is 0 Å². The lowest BCUT2D eigenvalue weighted by molar-refractivity contribution is -0.127. The van der Waals surface area contributed by atoms with Gasteiger partial charge in [0.05, 0.1) is 17.6 Å². The van der Waals surface area contributed by atoms with Crippen LogP contribution in [0.4, 0.5) is 0 Å². The molecule has 1 saturated heterocycles. The zero-order valence-electron chi connectivity index (χ0n) is 15.8. The summed E-state index contributed by atoms with van der Waals surface area (Å²) in [7, 11) is 0. The van der Waals surface area contributed by atoms with E-state index in [2.05, 4.69) is 18.0 Å². The highest BCUT2D eigenvalue weighted by Gasteiger charge is 2.45. The number of thiocarbonyl (C=S) groups is 1. The normalized spacial score (nSPS) is 18.0. The van der Waals surface area contributed by atoms with Crippen LogP contribution in [0.1, 0.15) is 40.5 Å². The lowest BCUT2D eigenvalue weighted by atomic mass is 9.61. The van der Waals surface area contributed by atoms with Crippen LogP contribution in [-0.4, -0.2) is 51.1 Å². The Morgan fingerprint density at radius 1 is 1.50 bits per heavy atom. The van der Waals surface area contributed by atoms with E-state index < -0.39 is 22.8 Å². The van der Waals surface area contributed by atoms with Crippen LogP contribution in [0.2, 0.25) is 0 Å². The molecule has 6 nitrogen and oxygen atoms in total. The maximum atomic E-state index is 12.4. The van der Waals surface area contributed by atoms with Gasteiger partial charge in [-0.05, 0) is 20.3 Å². The number of aliphatic hydroxyl groups excluding tert-OH is 1. The maximum absolute atomic E-state index is 12.4. The van der Waals surface area contributed by atoms with Crippen LogP contribution in [0.15, 0.2) is 12.2 Å². The maximum Gasteiger partial charge on any atom is 0.247 e. The Labute approximate surface area is 165 Å². The minimum atomic E-state index is -0.962. The second kappa shape index (κ2) is 8.98. The van der Waals surface area contributed by atoms with Crippen molar-refractivity contribution in [3.8, 4) is 6.07 Å².